The van der Waals surface area contributed by atoms with Crippen LogP contribution in [0.2, 0.25) is 0 Å². The Hall–Kier alpha value is -3.08. The maximum atomic E-state index is 12.5. The predicted molar refractivity (Wildman–Crippen MR) is 101 cm³/mol. The molecule has 0 fully saturated rings. The van der Waals surface area contributed by atoms with Gasteiger partial charge in [0.05, 0.1) is 13.1 Å². The van der Waals surface area contributed by atoms with Gasteiger partial charge in [-0.15, -0.1) is 0 Å². The van der Waals surface area contributed by atoms with Crippen LogP contribution in [0, 0.1) is 6.92 Å². The summed E-state index contributed by atoms with van der Waals surface area (Å²) in [5.41, 5.74) is 2.94. The smallest absolute Gasteiger partial charge is 0.253 e. The van der Waals surface area contributed by atoms with Gasteiger partial charge in [0, 0.05) is 25.0 Å². The first-order valence-electron chi connectivity index (χ1n) is 8.63. The highest BCUT2D eigenvalue weighted by Crippen LogP contribution is 2.12. The summed E-state index contributed by atoms with van der Waals surface area (Å²) in [5, 5.41) is 4.19. The number of amides is 1. The second kappa shape index (κ2) is 8.34. The third-order valence-electron chi connectivity index (χ3n) is 4.14. The molecule has 0 bridgehead atoms. The van der Waals surface area contributed by atoms with E-state index in [4.69, 9.17) is 4.74 Å². The van der Waals surface area contributed by atoms with Gasteiger partial charge in [0.15, 0.2) is 0 Å². The van der Waals surface area contributed by atoms with Crippen LogP contribution < -0.4 is 4.74 Å². The summed E-state index contributed by atoms with van der Waals surface area (Å²) >= 11 is 0. The highest BCUT2D eigenvalue weighted by molar-refractivity contribution is 5.94. The molecule has 1 aromatic heterocycles. The molecule has 0 aliphatic carbocycles. The molecule has 0 saturated carbocycles. The summed E-state index contributed by atoms with van der Waals surface area (Å²) < 4.78 is 7.57. The summed E-state index contributed by atoms with van der Waals surface area (Å²) in [6.07, 6.45) is 3.67. The van der Waals surface area contributed by atoms with E-state index in [-0.39, 0.29) is 5.91 Å². The fourth-order valence-corrected chi connectivity index (χ4v) is 2.66. The summed E-state index contributed by atoms with van der Waals surface area (Å²) in [6.45, 7) is 3.71. The summed E-state index contributed by atoms with van der Waals surface area (Å²) in [4.78, 5) is 14.2. The van der Waals surface area contributed by atoms with Gasteiger partial charge in [0.1, 0.15) is 12.4 Å². The van der Waals surface area contributed by atoms with Crippen molar-refractivity contribution in [3.05, 3.63) is 83.7 Å². The maximum absolute atomic E-state index is 12.5. The van der Waals surface area contributed by atoms with Crippen LogP contribution in [0.25, 0.3) is 0 Å². The monoisotopic (exact) mass is 349 g/mol. The van der Waals surface area contributed by atoms with Gasteiger partial charge in [0.2, 0.25) is 0 Å². The Kier molecular flexibility index (Phi) is 5.69. The van der Waals surface area contributed by atoms with E-state index in [9.17, 15) is 4.79 Å². The molecular formula is C21H23N3O2. The molecule has 134 valence electrons. The first kappa shape index (κ1) is 17.7. The molecule has 3 rings (SSSR count). The van der Waals surface area contributed by atoms with Crippen molar-refractivity contribution in [1.82, 2.24) is 14.7 Å². The number of hydrogen-bond donors (Lipinski definition) is 0. The van der Waals surface area contributed by atoms with Crippen LogP contribution in [0.4, 0.5) is 0 Å². The maximum Gasteiger partial charge on any atom is 0.253 e. The lowest BCUT2D eigenvalue weighted by molar-refractivity contribution is 0.0773. The molecule has 0 aliphatic rings. The average molecular weight is 349 g/mol. The van der Waals surface area contributed by atoms with Gasteiger partial charge in [-0.25, -0.2) is 0 Å². The molecule has 0 radical (unpaired) electrons. The minimum absolute atomic E-state index is 0.0107. The van der Waals surface area contributed by atoms with Crippen molar-refractivity contribution in [3.8, 4) is 5.75 Å². The predicted octanol–water partition coefficient (Wildman–Crippen LogP) is 3.39. The van der Waals surface area contributed by atoms with Crippen molar-refractivity contribution < 1.29 is 9.53 Å². The molecule has 2 aromatic carbocycles. The van der Waals surface area contributed by atoms with Crippen molar-refractivity contribution in [2.24, 2.45) is 0 Å². The van der Waals surface area contributed by atoms with Crippen LogP contribution in [-0.2, 0) is 6.54 Å². The first-order chi connectivity index (χ1) is 12.6. The van der Waals surface area contributed by atoms with Crippen molar-refractivity contribution in [2.45, 2.75) is 13.5 Å². The lowest BCUT2D eigenvalue weighted by atomic mass is 10.1. The van der Waals surface area contributed by atoms with E-state index in [0.29, 0.717) is 25.3 Å². The number of likely N-dealkylation sites (N-methyl/N-ethyl adjacent to an activating group) is 1. The lowest BCUT2D eigenvalue weighted by Crippen LogP contribution is -2.30. The lowest BCUT2D eigenvalue weighted by Gasteiger charge is -2.18. The molecule has 1 heterocycles. The molecule has 0 saturated heterocycles. The number of hydrogen-bond acceptors (Lipinski definition) is 3. The van der Waals surface area contributed by atoms with Crippen LogP contribution in [0.3, 0.4) is 0 Å². The molecule has 0 aliphatic heterocycles. The minimum atomic E-state index is -0.0107. The van der Waals surface area contributed by atoms with E-state index in [1.165, 1.54) is 0 Å². The quantitative estimate of drug-likeness (QED) is 0.657. The van der Waals surface area contributed by atoms with E-state index in [2.05, 4.69) is 5.10 Å². The Bertz CT molecular complexity index is 842. The molecule has 5 nitrogen and oxygen atoms in total. The number of nitrogens with zero attached hydrogens (tertiary/aromatic N) is 3. The number of aromatic nitrogens is 2. The number of rotatable bonds is 7. The third-order valence-corrected chi connectivity index (χ3v) is 4.14. The second-order valence-corrected chi connectivity index (χ2v) is 6.29. The van der Waals surface area contributed by atoms with E-state index in [1.807, 2.05) is 72.4 Å². The Morgan fingerprint density at radius 1 is 1.15 bits per heavy atom. The largest absolute Gasteiger partial charge is 0.492 e. The van der Waals surface area contributed by atoms with Crippen molar-refractivity contribution in [3.63, 3.8) is 0 Å². The highest BCUT2D eigenvalue weighted by Gasteiger charge is 2.11. The number of benzene rings is 2. The molecule has 26 heavy (non-hydrogen) atoms. The second-order valence-electron chi connectivity index (χ2n) is 6.29. The van der Waals surface area contributed by atoms with Crippen LogP contribution in [0.5, 0.6) is 5.75 Å². The SMILES string of the molecule is Cc1cccc(OCCN(C)C(=O)c2ccc(Cn3cccn3)cc2)c1. The molecular weight excluding hydrogens is 326 g/mol. The van der Waals surface area contributed by atoms with Crippen molar-refractivity contribution in [1.29, 1.82) is 0 Å². The first-order valence-corrected chi connectivity index (χ1v) is 8.63. The van der Waals surface area contributed by atoms with Gasteiger partial charge in [0.25, 0.3) is 5.91 Å². The van der Waals surface area contributed by atoms with Crippen molar-refractivity contribution in [2.75, 3.05) is 20.2 Å². The third kappa shape index (κ3) is 4.72. The standard InChI is InChI=1S/C21H23N3O2/c1-17-5-3-6-20(15-17)26-14-13-23(2)21(25)19-9-7-18(8-10-19)16-24-12-4-11-22-24/h3-12,15H,13-14,16H2,1-2H3. The van der Waals surface area contributed by atoms with E-state index in [0.717, 1.165) is 16.9 Å². The average Bonchev–Trinajstić information content (AvgIpc) is 3.15. The van der Waals surface area contributed by atoms with Gasteiger partial charge in [-0.2, -0.15) is 5.10 Å². The Balaban J connectivity index is 1.51. The molecule has 0 spiro atoms. The van der Waals surface area contributed by atoms with Gasteiger partial charge in [-0.05, 0) is 48.4 Å². The molecule has 0 atom stereocenters. The van der Waals surface area contributed by atoms with Gasteiger partial charge >= 0.3 is 0 Å². The summed E-state index contributed by atoms with van der Waals surface area (Å²) in [6, 6.07) is 17.4. The summed E-state index contributed by atoms with van der Waals surface area (Å²) in [7, 11) is 1.79. The molecule has 5 heteroatoms. The molecule has 1 amide bonds. The number of ether oxygens (including phenoxy) is 1. The van der Waals surface area contributed by atoms with Crippen molar-refractivity contribution >= 4 is 5.91 Å². The van der Waals surface area contributed by atoms with Crippen LogP contribution in [0.15, 0.2) is 67.0 Å². The van der Waals surface area contributed by atoms with Crippen LogP contribution >= 0.6 is 0 Å². The number of carbonyl (C=O) groups is 1. The number of carbonyl (C=O) groups excluding carboxylic acids is 1. The summed E-state index contributed by atoms with van der Waals surface area (Å²) in [5.74, 6) is 0.817. The van der Waals surface area contributed by atoms with E-state index in [1.54, 1.807) is 18.1 Å². The van der Waals surface area contributed by atoms with Gasteiger partial charge < -0.3 is 9.64 Å². The van der Waals surface area contributed by atoms with Crippen LogP contribution in [-0.4, -0.2) is 40.8 Å². The molecule has 0 N–H and O–H groups in total. The topological polar surface area (TPSA) is 47.4 Å². The van der Waals surface area contributed by atoms with Crippen LogP contribution in [0.1, 0.15) is 21.5 Å². The fourth-order valence-electron chi connectivity index (χ4n) is 2.66. The highest BCUT2D eigenvalue weighted by atomic mass is 16.5. The Morgan fingerprint density at radius 3 is 2.65 bits per heavy atom. The van der Waals surface area contributed by atoms with E-state index >= 15 is 0 Å². The normalized spacial score (nSPS) is 10.5. The van der Waals surface area contributed by atoms with Gasteiger partial charge in [-0.3, -0.25) is 9.48 Å². The Labute approximate surface area is 153 Å². The molecule has 3 aromatic rings. The zero-order valence-corrected chi connectivity index (χ0v) is 15.1. The minimum Gasteiger partial charge on any atom is -0.492 e. The Morgan fingerprint density at radius 2 is 1.96 bits per heavy atom. The van der Waals surface area contributed by atoms with Gasteiger partial charge in [-0.1, -0.05) is 24.3 Å². The zero-order valence-electron chi connectivity index (χ0n) is 15.1. The fraction of sp³-hybridized carbons (Fsp3) is 0.238. The van der Waals surface area contributed by atoms with E-state index < -0.39 is 0 Å². The molecule has 0 unspecified atom stereocenters. The number of aryl methyl sites for hydroxylation is 1. The zero-order chi connectivity index (χ0) is 18.4.